The highest BCUT2D eigenvalue weighted by Gasteiger charge is 2.26. The van der Waals surface area contributed by atoms with E-state index in [1.165, 1.54) is 40.5 Å². The first-order chi connectivity index (χ1) is 10.8. The Morgan fingerprint density at radius 2 is 1.91 bits per heavy atom. The third-order valence-corrected chi connectivity index (χ3v) is 4.78. The highest BCUT2D eigenvalue weighted by atomic mass is 35.5. The first-order valence-electron chi connectivity index (χ1n) is 7.82. The van der Waals surface area contributed by atoms with Crippen LogP contribution in [0.4, 0.5) is 0 Å². The van der Waals surface area contributed by atoms with E-state index in [4.69, 9.17) is 16.6 Å². The van der Waals surface area contributed by atoms with Crippen LogP contribution in [0.5, 0.6) is 0 Å². The molecule has 0 bridgehead atoms. The number of hydrogen-bond acceptors (Lipinski definition) is 1. The van der Waals surface area contributed by atoms with Crippen molar-refractivity contribution in [2.75, 3.05) is 0 Å². The number of benzene rings is 2. The van der Waals surface area contributed by atoms with E-state index in [0.717, 1.165) is 11.2 Å². The molecule has 110 valence electrons. The van der Waals surface area contributed by atoms with Crippen molar-refractivity contribution in [2.24, 2.45) is 0 Å². The summed E-state index contributed by atoms with van der Waals surface area (Å²) < 4.78 is 0. The monoisotopic (exact) mass is 307 g/mol. The van der Waals surface area contributed by atoms with Crippen LogP contribution in [0.2, 0.25) is 0 Å². The van der Waals surface area contributed by atoms with Gasteiger partial charge >= 0.3 is 0 Å². The molecule has 0 unspecified atom stereocenters. The zero-order chi connectivity index (χ0) is 15.1. The number of hydrogen-bond donors (Lipinski definition) is 0. The molecule has 2 aromatic carbocycles. The maximum Gasteiger partial charge on any atom is 0.0738 e. The second-order valence-corrected chi connectivity index (χ2v) is 6.44. The number of alkyl halides is 1. The molecule has 0 saturated heterocycles. The van der Waals surface area contributed by atoms with Crippen LogP contribution < -0.4 is 0 Å². The third-order valence-electron chi connectivity index (χ3n) is 4.49. The molecule has 2 heteroatoms. The number of nitrogens with zero attached hydrogens (tertiary/aromatic N) is 1. The van der Waals surface area contributed by atoms with Crippen LogP contribution in [-0.4, -0.2) is 4.98 Å². The van der Waals surface area contributed by atoms with Crippen LogP contribution in [0, 0.1) is 6.92 Å². The second-order valence-electron chi connectivity index (χ2n) is 6.17. The van der Waals surface area contributed by atoms with Crippen molar-refractivity contribution in [2.45, 2.75) is 31.6 Å². The Balaban J connectivity index is 1.87. The van der Waals surface area contributed by atoms with Gasteiger partial charge in [0.25, 0.3) is 0 Å². The molecule has 0 radical (unpaired) electrons. The van der Waals surface area contributed by atoms with Gasteiger partial charge in [-0.2, -0.15) is 0 Å². The highest BCUT2D eigenvalue weighted by molar-refractivity contribution is 6.17. The summed E-state index contributed by atoms with van der Waals surface area (Å²) in [6, 6.07) is 17.2. The second kappa shape index (κ2) is 5.40. The van der Waals surface area contributed by atoms with E-state index in [1.54, 1.807) is 0 Å². The Morgan fingerprint density at radius 3 is 2.68 bits per heavy atom. The molecule has 1 aromatic heterocycles. The fraction of sp³-hybridized carbons (Fsp3) is 0.250. The Kier molecular flexibility index (Phi) is 3.38. The maximum atomic E-state index is 6.10. The molecule has 3 aromatic rings. The predicted octanol–water partition coefficient (Wildman–Crippen LogP) is 5.83. The summed E-state index contributed by atoms with van der Waals surface area (Å²) in [4.78, 5) is 4.89. The minimum atomic E-state index is 0.593. The van der Waals surface area contributed by atoms with E-state index in [2.05, 4.69) is 49.4 Å². The third kappa shape index (κ3) is 2.40. The molecule has 1 nitrogen and oxygen atoms in total. The Labute approximate surface area is 136 Å². The van der Waals surface area contributed by atoms with Crippen molar-refractivity contribution in [3.05, 3.63) is 65.2 Å². The normalized spacial score (nSPS) is 14.5. The van der Waals surface area contributed by atoms with Gasteiger partial charge in [0.1, 0.15) is 0 Å². The van der Waals surface area contributed by atoms with Gasteiger partial charge in [-0.1, -0.05) is 30.3 Å². The molecule has 1 aliphatic rings. The smallest absolute Gasteiger partial charge is 0.0738 e. The number of pyridine rings is 1. The van der Waals surface area contributed by atoms with Crippen molar-refractivity contribution >= 4 is 22.5 Å². The number of aryl methyl sites for hydroxylation is 1. The average molecular weight is 308 g/mol. The molecule has 1 fully saturated rings. The first-order valence-corrected chi connectivity index (χ1v) is 8.35. The van der Waals surface area contributed by atoms with Crippen LogP contribution in [0.15, 0.2) is 48.5 Å². The van der Waals surface area contributed by atoms with Gasteiger partial charge in [-0.05, 0) is 60.6 Å². The quantitative estimate of drug-likeness (QED) is 0.555. The number of para-hydroxylation sites is 1. The first kappa shape index (κ1) is 13.8. The van der Waals surface area contributed by atoms with Gasteiger partial charge in [0.05, 0.1) is 11.2 Å². The topological polar surface area (TPSA) is 12.9 Å². The molecule has 0 N–H and O–H groups in total. The lowest BCUT2D eigenvalue weighted by Gasteiger charge is -2.12. The number of fused-ring (bicyclic) bond motifs is 1. The lowest BCUT2D eigenvalue weighted by atomic mass is 9.97. The van der Waals surface area contributed by atoms with Crippen LogP contribution >= 0.6 is 11.6 Å². The largest absolute Gasteiger partial charge is 0.248 e. The maximum absolute atomic E-state index is 6.10. The molecule has 1 saturated carbocycles. The Morgan fingerprint density at radius 1 is 1.09 bits per heavy atom. The highest BCUT2D eigenvalue weighted by Crippen LogP contribution is 2.43. The minimum Gasteiger partial charge on any atom is -0.248 e. The molecular formula is C20H18ClN. The van der Waals surface area contributed by atoms with Crippen molar-refractivity contribution < 1.29 is 0 Å². The van der Waals surface area contributed by atoms with Crippen molar-refractivity contribution in [3.8, 4) is 11.3 Å². The molecule has 0 aliphatic heterocycles. The number of aromatic nitrogens is 1. The van der Waals surface area contributed by atoms with Gasteiger partial charge in [-0.25, -0.2) is 4.98 Å². The van der Waals surface area contributed by atoms with Crippen LogP contribution in [-0.2, 0) is 5.88 Å². The summed E-state index contributed by atoms with van der Waals surface area (Å²) in [5, 5.41) is 1.20. The van der Waals surface area contributed by atoms with Gasteiger partial charge < -0.3 is 0 Å². The van der Waals surface area contributed by atoms with E-state index >= 15 is 0 Å². The fourth-order valence-electron chi connectivity index (χ4n) is 3.15. The Bertz CT molecular complexity index is 849. The van der Waals surface area contributed by atoms with Gasteiger partial charge in [0.15, 0.2) is 0 Å². The molecule has 1 heterocycles. The van der Waals surface area contributed by atoms with Gasteiger partial charge in [0.2, 0.25) is 0 Å². The standard InChI is InChI=1S/C20H18ClN/c1-13-10-15-4-2-3-5-19(15)22-20(13)16-8-9-17(12-21)18(11-16)14-6-7-14/h2-5,8-11,14H,6-7,12H2,1H3. The summed E-state index contributed by atoms with van der Waals surface area (Å²) >= 11 is 6.10. The van der Waals surface area contributed by atoms with E-state index < -0.39 is 0 Å². The lowest BCUT2D eigenvalue weighted by Crippen LogP contribution is -1.94. The molecule has 1 aliphatic carbocycles. The molecule has 0 atom stereocenters. The minimum absolute atomic E-state index is 0.593. The SMILES string of the molecule is Cc1cc2ccccc2nc1-c1ccc(CCl)c(C2CC2)c1. The van der Waals surface area contributed by atoms with Crippen LogP contribution in [0.1, 0.15) is 35.4 Å². The lowest BCUT2D eigenvalue weighted by molar-refractivity contribution is 1.09. The fourth-order valence-corrected chi connectivity index (χ4v) is 3.40. The summed E-state index contributed by atoms with van der Waals surface area (Å²) in [5.41, 5.74) is 7.26. The van der Waals surface area contributed by atoms with E-state index in [0.29, 0.717) is 11.8 Å². The molecule has 0 amide bonds. The van der Waals surface area contributed by atoms with Crippen molar-refractivity contribution in [3.63, 3.8) is 0 Å². The number of rotatable bonds is 3. The molecule has 22 heavy (non-hydrogen) atoms. The summed E-state index contributed by atoms with van der Waals surface area (Å²) in [7, 11) is 0. The molecule has 4 rings (SSSR count). The van der Waals surface area contributed by atoms with Gasteiger partial charge in [-0.3, -0.25) is 0 Å². The summed E-state index contributed by atoms with van der Waals surface area (Å²) in [6.45, 7) is 2.14. The number of halogens is 1. The van der Waals surface area contributed by atoms with Crippen molar-refractivity contribution in [1.82, 2.24) is 4.98 Å². The van der Waals surface area contributed by atoms with Gasteiger partial charge in [-0.15, -0.1) is 11.6 Å². The van der Waals surface area contributed by atoms with Crippen LogP contribution in [0.3, 0.4) is 0 Å². The summed E-state index contributed by atoms with van der Waals surface area (Å²) in [6.07, 6.45) is 2.58. The van der Waals surface area contributed by atoms with E-state index in [-0.39, 0.29) is 0 Å². The summed E-state index contributed by atoms with van der Waals surface area (Å²) in [5.74, 6) is 1.30. The van der Waals surface area contributed by atoms with Gasteiger partial charge in [0, 0.05) is 16.8 Å². The zero-order valence-electron chi connectivity index (χ0n) is 12.6. The predicted molar refractivity (Wildman–Crippen MR) is 93.4 cm³/mol. The zero-order valence-corrected chi connectivity index (χ0v) is 13.4. The van der Waals surface area contributed by atoms with E-state index in [1.807, 2.05) is 6.07 Å². The Hall–Kier alpha value is -1.86. The molecular weight excluding hydrogens is 290 g/mol. The average Bonchev–Trinajstić information content (AvgIpc) is 3.38. The molecule has 0 spiro atoms. The van der Waals surface area contributed by atoms with Crippen molar-refractivity contribution in [1.29, 1.82) is 0 Å². The van der Waals surface area contributed by atoms with E-state index in [9.17, 15) is 0 Å². The van der Waals surface area contributed by atoms with Crippen LogP contribution in [0.25, 0.3) is 22.2 Å².